The van der Waals surface area contributed by atoms with Crippen LogP contribution in [0.1, 0.15) is 19.8 Å². The van der Waals surface area contributed by atoms with Crippen molar-refractivity contribution in [3.63, 3.8) is 0 Å². The SMILES string of the molecule is CCC(CCO)Nc1nc[nH]c(=O)c1Cl. The van der Waals surface area contributed by atoms with Crippen molar-refractivity contribution in [2.24, 2.45) is 0 Å². The molecule has 1 aromatic rings. The van der Waals surface area contributed by atoms with Crippen molar-refractivity contribution in [2.75, 3.05) is 11.9 Å². The smallest absolute Gasteiger partial charge is 0.271 e. The van der Waals surface area contributed by atoms with Gasteiger partial charge in [-0.1, -0.05) is 18.5 Å². The van der Waals surface area contributed by atoms with Crippen LogP contribution in [0.2, 0.25) is 5.02 Å². The Balaban J connectivity index is 2.79. The molecule has 3 N–H and O–H groups in total. The molecule has 0 saturated heterocycles. The first kappa shape index (κ1) is 12.0. The largest absolute Gasteiger partial charge is 0.396 e. The molecule has 1 rings (SSSR count). The van der Waals surface area contributed by atoms with Gasteiger partial charge in [-0.05, 0) is 12.8 Å². The zero-order valence-electron chi connectivity index (χ0n) is 8.46. The second kappa shape index (κ2) is 5.72. The van der Waals surface area contributed by atoms with Gasteiger partial charge in [0.1, 0.15) is 5.02 Å². The average molecular weight is 232 g/mol. The van der Waals surface area contributed by atoms with Gasteiger partial charge in [0.2, 0.25) is 0 Å². The van der Waals surface area contributed by atoms with Crippen molar-refractivity contribution in [1.82, 2.24) is 9.97 Å². The van der Waals surface area contributed by atoms with Gasteiger partial charge in [0.25, 0.3) is 5.56 Å². The lowest BCUT2D eigenvalue weighted by atomic mass is 10.1. The van der Waals surface area contributed by atoms with Crippen molar-refractivity contribution in [2.45, 2.75) is 25.8 Å². The topological polar surface area (TPSA) is 78.0 Å². The molecule has 0 bridgehead atoms. The number of nitrogens with zero attached hydrogens (tertiary/aromatic N) is 1. The van der Waals surface area contributed by atoms with E-state index in [-0.39, 0.29) is 23.2 Å². The van der Waals surface area contributed by atoms with Crippen LogP contribution in [0.3, 0.4) is 0 Å². The van der Waals surface area contributed by atoms with E-state index in [2.05, 4.69) is 15.3 Å². The van der Waals surface area contributed by atoms with Crippen LogP contribution in [0, 0.1) is 0 Å². The summed E-state index contributed by atoms with van der Waals surface area (Å²) in [6, 6.07) is 0.0711. The summed E-state index contributed by atoms with van der Waals surface area (Å²) in [5.74, 6) is 0.362. The second-order valence-corrected chi connectivity index (χ2v) is 3.53. The van der Waals surface area contributed by atoms with Crippen LogP contribution in [0.25, 0.3) is 0 Å². The van der Waals surface area contributed by atoms with Crippen LogP contribution in [-0.2, 0) is 0 Å². The van der Waals surface area contributed by atoms with Crippen LogP contribution >= 0.6 is 11.6 Å². The Morgan fingerprint density at radius 3 is 3.07 bits per heavy atom. The molecule has 0 spiro atoms. The number of aliphatic hydroxyl groups is 1. The van der Waals surface area contributed by atoms with Crippen LogP contribution in [0.5, 0.6) is 0 Å². The van der Waals surface area contributed by atoms with Gasteiger partial charge in [0, 0.05) is 12.6 Å². The molecular weight excluding hydrogens is 218 g/mol. The number of hydrogen-bond acceptors (Lipinski definition) is 4. The summed E-state index contributed by atoms with van der Waals surface area (Å²) in [5.41, 5.74) is -0.368. The third-order valence-corrected chi connectivity index (χ3v) is 2.46. The summed E-state index contributed by atoms with van der Waals surface area (Å²) in [6.07, 6.45) is 2.72. The maximum absolute atomic E-state index is 11.2. The van der Waals surface area contributed by atoms with E-state index in [0.717, 1.165) is 6.42 Å². The number of aromatic amines is 1. The van der Waals surface area contributed by atoms with Crippen molar-refractivity contribution < 1.29 is 5.11 Å². The number of rotatable bonds is 5. The van der Waals surface area contributed by atoms with E-state index in [9.17, 15) is 4.79 Å². The van der Waals surface area contributed by atoms with Crippen molar-refractivity contribution >= 4 is 17.4 Å². The summed E-state index contributed by atoms with van der Waals surface area (Å²) in [6.45, 7) is 2.07. The molecule has 0 fully saturated rings. The maximum Gasteiger partial charge on any atom is 0.271 e. The maximum atomic E-state index is 11.2. The van der Waals surface area contributed by atoms with Gasteiger partial charge in [-0.15, -0.1) is 0 Å². The Hall–Kier alpha value is -1.07. The third kappa shape index (κ3) is 3.21. The molecule has 0 saturated carbocycles. The molecule has 0 aliphatic carbocycles. The number of aliphatic hydroxyl groups excluding tert-OH is 1. The van der Waals surface area contributed by atoms with Gasteiger partial charge in [-0.3, -0.25) is 4.79 Å². The van der Waals surface area contributed by atoms with Gasteiger partial charge in [0.15, 0.2) is 5.82 Å². The van der Waals surface area contributed by atoms with E-state index in [0.29, 0.717) is 12.2 Å². The highest BCUT2D eigenvalue weighted by molar-refractivity contribution is 6.32. The fourth-order valence-corrected chi connectivity index (χ4v) is 1.37. The van der Waals surface area contributed by atoms with Crippen LogP contribution in [0.15, 0.2) is 11.1 Å². The molecule has 1 aromatic heterocycles. The molecular formula is C9H14ClN3O2. The minimum Gasteiger partial charge on any atom is -0.396 e. The molecule has 0 aliphatic heterocycles. The highest BCUT2D eigenvalue weighted by Crippen LogP contribution is 2.15. The molecule has 5 nitrogen and oxygen atoms in total. The van der Waals surface area contributed by atoms with Crippen molar-refractivity contribution in [3.8, 4) is 0 Å². The Morgan fingerprint density at radius 1 is 1.73 bits per heavy atom. The van der Waals surface area contributed by atoms with Gasteiger partial charge in [0.05, 0.1) is 6.33 Å². The van der Waals surface area contributed by atoms with Gasteiger partial charge < -0.3 is 15.4 Å². The van der Waals surface area contributed by atoms with Crippen molar-refractivity contribution in [1.29, 1.82) is 0 Å². The zero-order chi connectivity index (χ0) is 11.3. The molecule has 0 aromatic carbocycles. The van der Waals surface area contributed by atoms with Crippen LogP contribution < -0.4 is 10.9 Å². The minimum absolute atomic E-state index is 0.0499. The lowest BCUT2D eigenvalue weighted by molar-refractivity contribution is 0.278. The summed E-state index contributed by atoms with van der Waals surface area (Å²) in [7, 11) is 0. The predicted molar refractivity (Wildman–Crippen MR) is 59.3 cm³/mol. The van der Waals surface area contributed by atoms with Gasteiger partial charge >= 0.3 is 0 Å². The number of aromatic nitrogens is 2. The van der Waals surface area contributed by atoms with E-state index < -0.39 is 0 Å². The number of hydrogen-bond donors (Lipinski definition) is 3. The summed E-state index contributed by atoms with van der Waals surface area (Å²) >= 11 is 5.76. The monoisotopic (exact) mass is 231 g/mol. The predicted octanol–water partition coefficient (Wildman–Crippen LogP) is 0.996. The Morgan fingerprint density at radius 2 is 2.47 bits per heavy atom. The number of anilines is 1. The van der Waals surface area contributed by atoms with Gasteiger partial charge in [-0.2, -0.15) is 0 Å². The Labute approximate surface area is 92.5 Å². The molecule has 0 amide bonds. The van der Waals surface area contributed by atoms with Gasteiger partial charge in [-0.25, -0.2) is 4.98 Å². The van der Waals surface area contributed by atoms with Crippen LogP contribution in [-0.4, -0.2) is 27.7 Å². The molecule has 6 heteroatoms. The summed E-state index contributed by atoms with van der Waals surface area (Å²) < 4.78 is 0. The van der Waals surface area contributed by atoms with Crippen LogP contribution in [0.4, 0.5) is 5.82 Å². The average Bonchev–Trinajstić information content (AvgIpc) is 2.24. The first-order valence-corrected chi connectivity index (χ1v) is 5.17. The Kier molecular flexibility index (Phi) is 4.58. The quantitative estimate of drug-likeness (QED) is 0.707. The number of H-pyrrole nitrogens is 1. The lowest BCUT2D eigenvalue weighted by Crippen LogP contribution is -2.22. The molecule has 0 radical (unpaired) electrons. The Bertz CT molecular complexity index is 367. The third-order valence-electron chi connectivity index (χ3n) is 2.11. The lowest BCUT2D eigenvalue weighted by Gasteiger charge is -2.16. The normalized spacial score (nSPS) is 12.5. The first-order chi connectivity index (χ1) is 7.19. The van der Waals surface area contributed by atoms with E-state index in [1.54, 1.807) is 0 Å². The van der Waals surface area contributed by atoms with E-state index in [1.165, 1.54) is 6.33 Å². The summed E-state index contributed by atoms with van der Waals surface area (Å²) in [5, 5.41) is 11.9. The molecule has 1 atom stereocenters. The standard InChI is InChI=1S/C9H14ClN3O2/c1-2-6(3-4-14)13-8-7(10)9(15)12-5-11-8/h5-6,14H,2-4H2,1H3,(H2,11,12,13,15). The molecule has 15 heavy (non-hydrogen) atoms. The fraction of sp³-hybridized carbons (Fsp3) is 0.556. The van der Waals surface area contributed by atoms with E-state index in [4.69, 9.17) is 16.7 Å². The van der Waals surface area contributed by atoms with E-state index >= 15 is 0 Å². The number of nitrogens with one attached hydrogen (secondary N) is 2. The van der Waals surface area contributed by atoms with Crippen molar-refractivity contribution in [3.05, 3.63) is 21.7 Å². The summed E-state index contributed by atoms with van der Waals surface area (Å²) in [4.78, 5) is 17.5. The molecule has 84 valence electrons. The molecule has 1 heterocycles. The minimum atomic E-state index is -0.368. The molecule has 1 unspecified atom stereocenters. The number of halogens is 1. The van der Waals surface area contributed by atoms with E-state index in [1.807, 2.05) is 6.92 Å². The highest BCUT2D eigenvalue weighted by Gasteiger charge is 2.10. The zero-order valence-corrected chi connectivity index (χ0v) is 9.21. The highest BCUT2D eigenvalue weighted by atomic mass is 35.5. The second-order valence-electron chi connectivity index (χ2n) is 3.16. The molecule has 0 aliphatic rings. The first-order valence-electron chi connectivity index (χ1n) is 4.79. The fourth-order valence-electron chi connectivity index (χ4n) is 1.21.